The summed E-state index contributed by atoms with van der Waals surface area (Å²) in [6.07, 6.45) is 10.1. The normalized spacial score (nSPS) is 15.5. The molecule has 1 saturated carbocycles. The number of hydrogen-bond donors (Lipinski definition) is 1. The zero-order valence-corrected chi connectivity index (χ0v) is 19.7. The first-order valence-corrected chi connectivity index (χ1v) is 13.2. The van der Waals surface area contributed by atoms with Crippen molar-refractivity contribution in [1.29, 1.82) is 0 Å². The lowest BCUT2D eigenvalue weighted by Crippen LogP contribution is -2.15. The molecule has 0 radical (unpaired) electrons. The number of rotatable bonds is 11. The molecule has 180 valence electrons. The Morgan fingerprint density at radius 3 is 2.58 bits per heavy atom. The van der Waals surface area contributed by atoms with Gasteiger partial charge in [0.25, 0.3) is 5.09 Å². The number of hydrogen-bond acceptors (Lipinski definition) is 7. The minimum atomic E-state index is -3.28. The Hall–Kier alpha value is -2.72. The van der Waals surface area contributed by atoms with E-state index in [0.29, 0.717) is 19.3 Å². The van der Waals surface area contributed by atoms with Crippen LogP contribution in [0.25, 0.3) is 16.8 Å². The number of aliphatic hydroxyl groups is 1. The largest absolute Gasteiger partial charge is 0.396 e. The number of aliphatic hydroxyl groups excluding tert-OH is 1. The highest BCUT2D eigenvalue weighted by molar-refractivity contribution is 7.90. The second kappa shape index (κ2) is 11.4. The molecule has 1 aliphatic rings. The zero-order chi connectivity index (χ0) is 23.8. The van der Waals surface area contributed by atoms with Gasteiger partial charge in [-0.2, -0.15) is 5.10 Å². The van der Waals surface area contributed by atoms with E-state index in [9.17, 15) is 23.6 Å². The molecule has 0 unspecified atom stereocenters. The van der Waals surface area contributed by atoms with Crippen LogP contribution in [-0.4, -0.2) is 47.9 Å². The van der Waals surface area contributed by atoms with Crippen molar-refractivity contribution in [2.45, 2.75) is 62.3 Å². The van der Waals surface area contributed by atoms with E-state index >= 15 is 0 Å². The third kappa shape index (κ3) is 6.88. The summed E-state index contributed by atoms with van der Waals surface area (Å²) in [5.41, 5.74) is 3.45. The van der Waals surface area contributed by atoms with Crippen molar-refractivity contribution in [3.63, 3.8) is 0 Å². The fraction of sp³-hybridized carbons (Fsp3) is 0.522. The van der Waals surface area contributed by atoms with Crippen molar-refractivity contribution in [3.8, 4) is 11.3 Å². The molecule has 9 nitrogen and oxygen atoms in total. The Bertz CT molecular complexity index is 1070. The van der Waals surface area contributed by atoms with Crippen LogP contribution in [0.3, 0.4) is 0 Å². The van der Waals surface area contributed by atoms with Crippen LogP contribution in [-0.2, 0) is 14.7 Å². The van der Waals surface area contributed by atoms with Crippen LogP contribution in [0.4, 0.5) is 0 Å². The van der Waals surface area contributed by atoms with E-state index in [1.807, 2.05) is 16.8 Å². The fourth-order valence-electron chi connectivity index (χ4n) is 4.22. The highest BCUT2D eigenvalue weighted by Crippen LogP contribution is 2.35. The van der Waals surface area contributed by atoms with Gasteiger partial charge in [0.2, 0.25) is 0 Å². The summed E-state index contributed by atoms with van der Waals surface area (Å²) >= 11 is 0. The smallest absolute Gasteiger partial charge is 0.294 e. The molecule has 3 rings (SSSR count). The van der Waals surface area contributed by atoms with Crippen molar-refractivity contribution < 1.29 is 23.4 Å². The van der Waals surface area contributed by atoms with Crippen LogP contribution in [0.15, 0.2) is 41.3 Å². The standard InChI is InChI=1S/C23H31N3O6S/c1-33(30,31)21-13-11-19(12-14-21)23-17-22(24-25(23)20-9-3-2-4-10-20)18(7-5-15-27)8-6-16-32-26(28)29/h7,11-14,17,20,27H,2-6,8-10,15-16H2,1H3/b18-7+. The van der Waals surface area contributed by atoms with Crippen LogP contribution in [0, 0.1) is 10.1 Å². The summed E-state index contributed by atoms with van der Waals surface area (Å²) in [7, 11) is -3.28. The monoisotopic (exact) mass is 477 g/mol. The van der Waals surface area contributed by atoms with Gasteiger partial charge in [0.05, 0.1) is 28.9 Å². The van der Waals surface area contributed by atoms with Gasteiger partial charge in [0, 0.05) is 12.9 Å². The molecule has 1 aromatic heterocycles. The van der Waals surface area contributed by atoms with Gasteiger partial charge in [-0.15, -0.1) is 10.1 Å². The lowest BCUT2D eigenvalue weighted by Gasteiger charge is -2.24. The van der Waals surface area contributed by atoms with Crippen molar-refractivity contribution in [1.82, 2.24) is 9.78 Å². The molecule has 10 heteroatoms. The Morgan fingerprint density at radius 1 is 1.27 bits per heavy atom. The Labute approximate surface area is 194 Å². The van der Waals surface area contributed by atoms with E-state index in [4.69, 9.17) is 5.10 Å². The lowest BCUT2D eigenvalue weighted by molar-refractivity contribution is -0.757. The molecule has 0 bridgehead atoms. The molecule has 1 aliphatic carbocycles. The molecule has 2 aromatic rings. The van der Waals surface area contributed by atoms with Gasteiger partial charge in [-0.05, 0) is 61.4 Å². The summed E-state index contributed by atoms with van der Waals surface area (Å²) in [5.74, 6) is 0. The van der Waals surface area contributed by atoms with E-state index in [2.05, 4.69) is 4.84 Å². The number of aromatic nitrogens is 2. The Balaban J connectivity index is 1.96. The van der Waals surface area contributed by atoms with Crippen molar-refractivity contribution in [2.24, 2.45) is 0 Å². The van der Waals surface area contributed by atoms with Crippen LogP contribution in [0.5, 0.6) is 0 Å². The zero-order valence-electron chi connectivity index (χ0n) is 18.9. The maximum Gasteiger partial charge on any atom is 0.294 e. The van der Waals surface area contributed by atoms with Gasteiger partial charge >= 0.3 is 0 Å². The summed E-state index contributed by atoms with van der Waals surface area (Å²) < 4.78 is 25.8. The molecule has 0 saturated heterocycles. The van der Waals surface area contributed by atoms with E-state index in [-0.39, 0.29) is 24.2 Å². The first-order valence-electron chi connectivity index (χ1n) is 11.3. The first-order chi connectivity index (χ1) is 15.8. The van der Waals surface area contributed by atoms with Gasteiger partial charge in [-0.1, -0.05) is 37.5 Å². The Morgan fingerprint density at radius 2 is 1.97 bits per heavy atom. The number of benzene rings is 1. The van der Waals surface area contributed by atoms with Crippen molar-refractivity contribution in [2.75, 3.05) is 19.5 Å². The molecule has 0 amide bonds. The average molecular weight is 478 g/mol. The van der Waals surface area contributed by atoms with Crippen LogP contribution >= 0.6 is 0 Å². The third-order valence-electron chi connectivity index (χ3n) is 5.87. The average Bonchev–Trinajstić information content (AvgIpc) is 3.24. The number of allylic oxidation sites excluding steroid dienone is 1. The quantitative estimate of drug-likeness (QED) is 0.292. The van der Waals surface area contributed by atoms with E-state index < -0.39 is 14.9 Å². The predicted molar refractivity (Wildman–Crippen MR) is 125 cm³/mol. The summed E-state index contributed by atoms with van der Waals surface area (Å²) in [6, 6.07) is 9.08. The molecule has 0 atom stereocenters. The molecule has 33 heavy (non-hydrogen) atoms. The van der Waals surface area contributed by atoms with Crippen molar-refractivity contribution in [3.05, 3.63) is 52.2 Å². The van der Waals surface area contributed by atoms with Crippen LogP contribution < -0.4 is 0 Å². The second-order valence-electron chi connectivity index (χ2n) is 8.35. The molecule has 1 fully saturated rings. The van der Waals surface area contributed by atoms with E-state index in [0.717, 1.165) is 48.2 Å². The molecule has 0 aliphatic heterocycles. The molecular weight excluding hydrogens is 446 g/mol. The SMILES string of the molecule is CS(=O)(=O)c1ccc(-c2cc(/C(=C/CCO)CCCO[N+](=O)[O-])nn2C2CCCCC2)cc1. The summed E-state index contributed by atoms with van der Waals surface area (Å²) in [6.45, 7) is -0.00927. The minimum Gasteiger partial charge on any atom is -0.396 e. The van der Waals surface area contributed by atoms with Gasteiger partial charge < -0.3 is 9.94 Å². The molecule has 1 aromatic carbocycles. The fourth-order valence-corrected chi connectivity index (χ4v) is 4.85. The number of nitrogens with zero attached hydrogens (tertiary/aromatic N) is 3. The first kappa shape index (κ1) is 24.9. The second-order valence-corrected chi connectivity index (χ2v) is 10.4. The van der Waals surface area contributed by atoms with Crippen LogP contribution in [0.2, 0.25) is 0 Å². The molecule has 0 spiro atoms. The maximum atomic E-state index is 11.9. The highest BCUT2D eigenvalue weighted by Gasteiger charge is 2.22. The highest BCUT2D eigenvalue weighted by atomic mass is 32.2. The van der Waals surface area contributed by atoms with E-state index in [1.165, 1.54) is 12.7 Å². The van der Waals surface area contributed by atoms with E-state index in [1.54, 1.807) is 24.3 Å². The van der Waals surface area contributed by atoms with Gasteiger partial charge in [0.15, 0.2) is 9.84 Å². The Kier molecular flexibility index (Phi) is 8.62. The van der Waals surface area contributed by atoms with Gasteiger partial charge in [-0.3, -0.25) is 4.68 Å². The molecular formula is C23H31N3O6S. The summed E-state index contributed by atoms with van der Waals surface area (Å²) in [4.78, 5) is 15.1. The van der Waals surface area contributed by atoms with Crippen LogP contribution in [0.1, 0.15) is 63.1 Å². The summed E-state index contributed by atoms with van der Waals surface area (Å²) in [5, 5.41) is 23.9. The third-order valence-corrected chi connectivity index (χ3v) is 7.00. The topological polar surface area (TPSA) is 125 Å². The maximum absolute atomic E-state index is 11.9. The van der Waals surface area contributed by atoms with Gasteiger partial charge in [-0.25, -0.2) is 8.42 Å². The van der Waals surface area contributed by atoms with Crippen molar-refractivity contribution >= 4 is 15.4 Å². The predicted octanol–water partition coefficient (Wildman–Crippen LogP) is 4.21. The molecule has 1 N–H and O–H groups in total. The number of sulfone groups is 1. The molecule has 1 heterocycles. The lowest BCUT2D eigenvalue weighted by atomic mass is 9.95. The van der Waals surface area contributed by atoms with Gasteiger partial charge in [0.1, 0.15) is 0 Å². The minimum absolute atomic E-state index is 0.00194.